The fourth-order valence-corrected chi connectivity index (χ4v) is 4.36. The number of carbonyl (C=O) groups is 2. The van der Waals surface area contributed by atoms with E-state index in [0.717, 1.165) is 23.1 Å². The van der Waals surface area contributed by atoms with Crippen molar-refractivity contribution in [1.82, 2.24) is 10.2 Å². The second-order valence-electron chi connectivity index (χ2n) is 9.67. The monoisotopic (exact) mass is 504 g/mol. The number of carbonyl (C=O) groups excluding carboxylic acids is 2. The Morgan fingerprint density at radius 2 is 1.53 bits per heavy atom. The first-order chi connectivity index (χ1) is 17.4. The summed E-state index contributed by atoms with van der Waals surface area (Å²) in [4.78, 5) is 28.9. The number of aryl methyl sites for hydroxylation is 2. The van der Waals surface area contributed by atoms with Gasteiger partial charge in [-0.05, 0) is 53.1 Å². The first kappa shape index (κ1) is 27.5. The molecule has 0 aliphatic rings. The van der Waals surface area contributed by atoms with E-state index in [1.54, 1.807) is 4.90 Å². The van der Waals surface area contributed by atoms with E-state index in [1.165, 1.54) is 5.56 Å². The fourth-order valence-electron chi connectivity index (χ4n) is 4.15. The molecule has 3 aromatic rings. The minimum absolute atomic E-state index is 0.0461. The Hall–Kier alpha value is -3.11. The number of amides is 2. The Morgan fingerprint density at radius 3 is 2.17 bits per heavy atom. The molecule has 0 saturated carbocycles. The van der Waals surface area contributed by atoms with Gasteiger partial charge in [-0.3, -0.25) is 9.59 Å². The zero-order valence-electron chi connectivity index (χ0n) is 21.5. The first-order valence-corrected chi connectivity index (χ1v) is 13.2. The molecule has 0 radical (unpaired) electrons. The summed E-state index contributed by atoms with van der Waals surface area (Å²) in [5.41, 5.74) is 4.31. The minimum atomic E-state index is -0.625. The van der Waals surface area contributed by atoms with Crippen LogP contribution in [-0.4, -0.2) is 29.3 Å². The maximum Gasteiger partial charge on any atom is 0.243 e. The van der Waals surface area contributed by atoms with Crippen LogP contribution in [0.2, 0.25) is 5.02 Å². The van der Waals surface area contributed by atoms with Gasteiger partial charge in [0.2, 0.25) is 11.8 Å². The molecular formula is C31H37ClN2O2. The van der Waals surface area contributed by atoms with Crippen molar-refractivity contribution in [1.29, 1.82) is 0 Å². The van der Waals surface area contributed by atoms with Gasteiger partial charge >= 0.3 is 0 Å². The Morgan fingerprint density at radius 1 is 0.861 bits per heavy atom. The topological polar surface area (TPSA) is 49.4 Å². The Balaban J connectivity index is 1.88. The molecule has 0 unspecified atom stereocenters. The number of rotatable bonds is 12. The van der Waals surface area contributed by atoms with Gasteiger partial charge in [-0.1, -0.05) is 99.1 Å². The van der Waals surface area contributed by atoms with Crippen LogP contribution in [0.4, 0.5) is 0 Å². The van der Waals surface area contributed by atoms with E-state index in [2.05, 4.69) is 50.4 Å². The first-order valence-electron chi connectivity index (χ1n) is 12.8. The molecule has 36 heavy (non-hydrogen) atoms. The van der Waals surface area contributed by atoms with Crippen molar-refractivity contribution in [3.8, 4) is 0 Å². The molecule has 0 spiro atoms. The summed E-state index contributed by atoms with van der Waals surface area (Å²) in [6, 6.07) is 25.1. The van der Waals surface area contributed by atoms with Crippen molar-refractivity contribution >= 4 is 23.4 Å². The van der Waals surface area contributed by atoms with E-state index in [1.807, 2.05) is 54.6 Å². The number of halogens is 1. The van der Waals surface area contributed by atoms with E-state index in [0.29, 0.717) is 43.3 Å². The molecule has 0 bridgehead atoms. The standard InChI is InChI=1S/C31H37ClN2O2/c1-4-24-13-15-25(16-14-24)17-18-30(35)34(22-27-11-8-12-28(32)19-27)29(31(36)33-21-23(2)3)20-26-9-6-5-7-10-26/h5-16,19,23,29H,4,17-18,20-22H2,1-3H3,(H,33,36)/t29-/m1/s1. The lowest BCUT2D eigenvalue weighted by atomic mass is 10.0. The predicted octanol–water partition coefficient (Wildman–Crippen LogP) is 6.25. The van der Waals surface area contributed by atoms with Gasteiger partial charge in [0.05, 0.1) is 0 Å². The number of hydrogen-bond acceptors (Lipinski definition) is 2. The molecule has 190 valence electrons. The third-order valence-corrected chi connectivity index (χ3v) is 6.49. The normalized spacial score (nSPS) is 11.8. The third-order valence-electron chi connectivity index (χ3n) is 6.26. The maximum absolute atomic E-state index is 13.7. The van der Waals surface area contributed by atoms with Gasteiger partial charge in [0.25, 0.3) is 0 Å². The van der Waals surface area contributed by atoms with Gasteiger partial charge < -0.3 is 10.2 Å². The fraction of sp³-hybridized carbons (Fsp3) is 0.355. The summed E-state index contributed by atoms with van der Waals surface area (Å²) in [6.07, 6.45) is 2.39. The van der Waals surface area contributed by atoms with Gasteiger partial charge in [-0.15, -0.1) is 0 Å². The second-order valence-corrected chi connectivity index (χ2v) is 10.1. The van der Waals surface area contributed by atoms with Crippen LogP contribution in [0.3, 0.4) is 0 Å². The van der Waals surface area contributed by atoms with Crippen molar-refractivity contribution in [3.05, 3.63) is 106 Å². The van der Waals surface area contributed by atoms with Crippen LogP contribution in [0.5, 0.6) is 0 Å². The van der Waals surface area contributed by atoms with Gasteiger partial charge in [-0.2, -0.15) is 0 Å². The van der Waals surface area contributed by atoms with Crippen LogP contribution in [0, 0.1) is 5.92 Å². The van der Waals surface area contributed by atoms with Gasteiger partial charge in [0.1, 0.15) is 6.04 Å². The summed E-state index contributed by atoms with van der Waals surface area (Å²) in [7, 11) is 0. The Labute approximate surface area is 220 Å². The molecule has 1 atom stereocenters. The molecule has 0 saturated heterocycles. The second kappa shape index (κ2) is 13.8. The van der Waals surface area contributed by atoms with Crippen LogP contribution in [0.1, 0.15) is 49.4 Å². The molecule has 2 amide bonds. The number of hydrogen-bond donors (Lipinski definition) is 1. The van der Waals surface area contributed by atoms with Crippen molar-refractivity contribution in [2.45, 2.75) is 59.0 Å². The zero-order chi connectivity index (χ0) is 25.9. The van der Waals surface area contributed by atoms with Crippen molar-refractivity contribution < 1.29 is 9.59 Å². The van der Waals surface area contributed by atoms with Crippen LogP contribution < -0.4 is 5.32 Å². The lowest BCUT2D eigenvalue weighted by Crippen LogP contribution is -2.51. The molecular weight excluding hydrogens is 468 g/mol. The Kier molecular flexibility index (Phi) is 10.6. The minimum Gasteiger partial charge on any atom is -0.354 e. The molecule has 0 aromatic heterocycles. The molecule has 0 aliphatic carbocycles. The highest BCUT2D eigenvalue weighted by atomic mass is 35.5. The van der Waals surface area contributed by atoms with Crippen LogP contribution in [-0.2, 0) is 35.4 Å². The van der Waals surface area contributed by atoms with Crippen LogP contribution >= 0.6 is 11.6 Å². The summed E-state index contributed by atoms with van der Waals surface area (Å²) in [5, 5.41) is 3.67. The lowest BCUT2D eigenvalue weighted by Gasteiger charge is -2.32. The number of benzene rings is 3. The van der Waals surface area contributed by atoms with Crippen molar-refractivity contribution in [2.75, 3.05) is 6.54 Å². The van der Waals surface area contributed by atoms with Crippen LogP contribution in [0.25, 0.3) is 0 Å². The van der Waals surface area contributed by atoms with Crippen LogP contribution in [0.15, 0.2) is 78.9 Å². The molecule has 5 heteroatoms. The smallest absolute Gasteiger partial charge is 0.243 e. The van der Waals surface area contributed by atoms with E-state index in [-0.39, 0.29) is 11.8 Å². The molecule has 0 fully saturated rings. The van der Waals surface area contributed by atoms with Gasteiger partial charge in [0.15, 0.2) is 0 Å². The van der Waals surface area contributed by atoms with Gasteiger partial charge in [-0.25, -0.2) is 0 Å². The lowest BCUT2D eigenvalue weighted by molar-refractivity contribution is -0.141. The van der Waals surface area contributed by atoms with Gasteiger partial charge in [0, 0.05) is 31.0 Å². The quantitative estimate of drug-likeness (QED) is 0.317. The van der Waals surface area contributed by atoms with Crippen molar-refractivity contribution in [2.24, 2.45) is 5.92 Å². The van der Waals surface area contributed by atoms with E-state index in [4.69, 9.17) is 11.6 Å². The third kappa shape index (κ3) is 8.53. The molecule has 0 aliphatic heterocycles. The highest BCUT2D eigenvalue weighted by molar-refractivity contribution is 6.30. The molecule has 0 heterocycles. The SMILES string of the molecule is CCc1ccc(CCC(=O)N(Cc2cccc(Cl)c2)[C@H](Cc2ccccc2)C(=O)NCC(C)C)cc1. The average molecular weight is 505 g/mol. The average Bonchev–Trinajstić information content (AvgIpc) is 2.88. The Bertz CT molecular complexity index is 1110. The highest BCUT2D eigenvalue weighted by Crippen LogP contribution is 2.19. The van der Waals surface area contributed by atoms with E-state index < -0.39 is 6.04 Å². The molecule has 4 nitrogen and oxygen atoms in total. The molecule has 3 rings (SSSR count). The van der Waals surface area contributed by atoms with E-state index >= 15 is 0 Å². The number of nitrogens with zero attached hydrogens (tertiary/aromatic N) is 1. The summed E-state index contributed by atoms with van der Waals surface area (Å²) in [5.74, 6) is 0.139. The zero-order valence-corrected chi connectivity index (χ0v) is 22.3. The highest BCUT2D eigenvalue weighted by Gasteiger charge is 2.30. The molecule has 1 N–H and O–H groups in total. The number of nitrogens with one attached hydrogen (secondary N) is 1. The summed E-state index contributed by atoms with van der Waals surface area (Å²) < 4.78 is 0. The predicted molar refractivity (Wildman–Crippen MR) is 148 cm³/mol. The molecule has 3 aromatic carbocycles. The maximum atomic E-state index is 13.7. The summed E-state index contributed by atoms with van der Waals surface area (Å²) >= 11 is 6.25. The van der Waals surface area contributed by atoms with Crippen molar-refractivity contribution in [3.63, 3.8) is 0 Å². The largest absolute Gasteiger partial charge is 0.354 e. The summed E-state index contributed by atoms with van der Waals surface area (Å²) in [6.45, 7) is 7.13. The van der Waals surface area contributed by atoms with E-state index in [9.17, 15) is 9.59 Å².